The summed E-state index contributed by atoms with van der Waals surface area (Å²) in [6.45, 7) is 12.8. The van der Waals surface area contributed by atoms with Crippen LogP contribution in [-0.2, 0) is 6.42 Å². The van der Waals surface area contributed by atoms with Gasteiger partial charge in [0.05, 0.1) is 17.0 Å². The second-order valence-electron chi connectivity index (χ2n) is 17.8. The lowest BCUT2D eigenvalue weighted by Gasteiger charge is -2.44. The number of rotatable bonds is 7. The maximum atomic E-state index is 16.4. The lowest BCUT2D eigenvalue weighted by Crippen LogP contribution is -2.55. The minimum atomic E-state index is -0.826. The number of aryl methyl sites for hydroxylation is 3. The number of halogens is 2. The predicted octanol–water partition coefficient (Wildman–Crippen LogP) is 9.17. The molecule has 0 unspecified atom stereocenters. The van der Waals surface area contributed by atoms with E-state index in [1.807, 2.05) is 36.1 Å². The van der Waals surface area contributed by atoms with Crippen molar-refractivity contribution in [1.82, 2.24) is 19.7 Å². The van der Waals surface area contributed by atoms with Crippen LogP contribution in [0, 0.1) is 32.4 Å². The van der Waals surface area contributed by atoms with Gasteiger partial charge < -0.3 is 20.0 Å². The standard InChI is InChI=1S/C50H53F2N7O2S/c1-30-32(3)62-49-45(30)47(53-31(2)48-55-54-33(4)59(48)49)35-10-13-37(14-11-35)57-20-18-50(61,19-21-57)29-56-22-24-58(25-23-56)44-28-42(51)41(27-43(44)52)46-39(34-8-6-5-7-9-34)16-12-36-26-38(60)15-17-40(36)46/h5-11,13-15,17,26-28,31,39,46,60-61H,12,16,18-25,29H2,1-4H3/t31-,39-,46+/m0/s1. The van der Waals surface area contributed by atoms with Crippen LogP contribution >= 0.6 is 11.3 Å². The van der Waals surface area contributed by atoms with Gasteiger partial charge in [-0.1, -0.05) is 48.5 Å². The fourth-order valence-corrected chi connectivity index (χ4v) is 11.7. The van der Waals surface area contributed by atoms with Gasteiger partial charge in [0.1, 0.15) is 34.3 Å². The van der Waals surface area contributed by atoms with Gasteiger partial charge in [-0.3, -0.25) is 14.5 Å². The Balaban J connectivity index is 0.782. The average Bonchev–Trinajstić information content (AvgIpc) is 3.77. The van der Waals surface area contributed by atoms with E-state index in [1.54, 1.807) is 23.5 Å². The molecule has 10 rings (SSSR count). The van der Waals surface area contributed by atoms with Crippen molar-refractivity contribution in [3.05, 3.63) is 152 Å². The minimum Gasteiger partial charge on any atom is -0.508 e. The third-order valence-electron chi connectivity index (χ3n) is 14.0. The molecule has 0 spiro atoms. The van der Waals surface area contributed by atoms with E-state index in [9.17, 15) is 10.2 Å². The number of piperidine rings is 1. The van der Waals surface area contributed by atoms with Gasteiger partial charge >= 0.3 is 0 Å². The van der Waals surface area contributed by atoms with Crippen LogP contribution in [-0.4, -0.2) is 87.0 Å². The summed E-state index contributed by atoms with van der Waals surface area (Å²) in [5.74, 6) is 0.667. The summed E-state index contributed by atoms with van der Waals surface area (Å²) in [7, 11) is 0. The molecule has 2 fully saturated rings. The van der Waals surface area contributed by atoms with Crippen molar-refractivity contribution >= 4 is 28.4 Å². The summed E-state index contributed by atoms with van der Waals surface area (Å²) in [6.07, 6.45) is 2.81. The van der Waals surface area contributed by atoms with Crippen molar-refractivity contribution in [2.75, 3.05) is 55.6 Å². The van der Waals surface area contributed by atoms with Crippen LogP contribution in [0.5, 0.6) is 5.75 Å². The normalized spacial score (nSPS) is 21.2. The summed E-state index contributed by atoms with van der Waals surface area (Å²) in [6, 6.07) is 26.7. The lowest BCUT2D eigenvalue weighted by molar-refractivity contribution is -0.0173. The van der Waals surface area contributed by atoms with Crippen LogP contribution in [0.25, 0.3) is 5.00 Å². The number of aliphatic hydroxyl groups is 1. The third kappa shape index (κ3) is 7.29. The highest BCUT2D eigenvalue weighted by Crippen LogP contribution is 2.48. The van der Waals surface area contributed by atoms with Crippen LogP contribution in [0.3, 0.4) is 0 Å². The molecule has 0 radical (unpaired) electrons. The molecule has 0 bridgehead atoms. The Kier molecular flexibility index (Phi) is 10.5. The van der Waals surface area contributed by atoms with Crippen molar-refractivity contribution in [3.63, 3.8) is 0 Å². The van der Waals surface area contributed by atoms with E-state index in [0.717, 1.165) is 81.8 Å². The number of phenolic OH excluding ortho intramolecular Hbond substituents is 1. The average molecular weight is 854 g/mol. The van der Waals surface area contributed by atoms with Gasteiger partial charge in [0.2, 0.25) is 0 Å². The number of anilines is 2. The molecule has 12 heteroatoms. The number of aromatic hydroxyl groups is 1. The van der Waals surface area contributed by atoms with E-state index >= 15 is 8.78 Å². The van der Waals surface area contributed by atoms with Crippen molar-refractivity contribution in [2.45, 2.75) is 76.9 Å². The van der Waals surface area contributed by atoms with E-state index < -0.39 is 17.2 Å². The molecule has 9 nitrogen and oxygen atoms in total. The zero-order valence-corrected chi connectivity index (χ0v) is 36.6. The summed E-state index contributed by atoms with van der Waals surface area (Å²) in [5, 5.41) is 32.0. The number of benzene rings is 4. The number of β-amino-alcohol motifs (C(OH)–C–C–N with tert-alkyl or cyclic N) is 1. The lowest BCUT2D eigenvalue weighted by atomic mass is 9.69. The molecule has 2 aromatic heterocycles. The Morgan fingerprint density at radius 3 is 2.29 bits per heavy atom. The van der Waals surface area contributed by atoms with Crippen LogP contribution in [0.2, 0.25) is 0 Å². The number of nitrogens with zero attached hydrogens (tertiary/aromatic N) is 7. The van der Waals surface area contributed by atoms with Crippen molar-refractivity contribution in [2.24, 2.45) is 4.99 Å². The highest BCUT2D eigenvalue weighted by atomic mass is 32.1. The summed E-state index contributed by atoms with van der Waals surface area (Å²) in [5.41, 5.74) is 8.37. The summed E-state index contributed by atoms with van der Waals surface area (Å²) in [4.78, 5) is 13.0. The second-order valence-corrected chi connectivity index (χ2v) is 19.0. The van der Waals surface area contributed by atoms with E-state index in [0.29, 0.717) is 51.1 Å². The number of thiophene rings is 1. The largest absolute Gasteiger partial charge is 0.508 e. The first-order valence-corrected chi connectivity index (χ1v) is 22.8. The van der Waals surface area contributed by atoms with Gasteiger partial charge in [-0.15, -0.1) is 21.5 Å². The van der Waals surface area contributed by atoms with Gasteiger partial charge in [0, 0.05) is 79.5 Å². The maximum absolute atomic E-state index is 16.4. The molecule has 5 heterocycles. The molecule has 3 atom stereocenters. The molecule has 4 aromatic carbocycles. The zero-order valence-electron chi connectivity index (χ0n) is 35.8. The van der Waals surface area contributed by atoms with E-state index in [-0.39, 0.29) is 29.3 Å². The van der Waals surface area contributed by atoms with Gasteiger partial charge in [-0.2, -0.15) is 0 Å². The molecule has 2 saturated heterocycles. The fraction of sp³-hybridized carbons (Fsp3) is 0.380. The predicted molar refractivity (Wildman–Crippen MR) is 243 cm³/mol. The smallest absolute Gasteiger partial charge is 0.162 e. The summed E-state index contributed by atoms with van der Waals surface area (Å²) >= 11 is 1.76. The topological polar surface area (TPSA) is 93.2 Å². The minimum absolute atomic E-state index is 0.0230. The Hall–Kier alpha value is -5.43. The first kappa shape index (κ1) is 40.6. The van der Waals surface area contributed by atoms with Crippen molar-refractivity contribution in [3.8, 4) is 10.8 Å². The van der Waals surface area contributed by atoms with Crippen LogP contribution in [0.15, 0.2) is 89.9 Å². The molecule has 4 aliphatic rings. The van der Waals surface area contributed by atoms with E-state index in [2.05, 4.69) is 81.7 Å². The van der Waals surface area contributed by atoms with Crippen molar-refractivity contribution in [1.29, 1.82) is 0 Å². The molecule has 1 aliphatic carbocycles. The van der Waals surface area contributed by atoms with Crippen LogP contribution in [0.1, 0.15) is 99.5 Å². The molecular formula is C50H53F2N7O2S. The number of phenols is 1. The molecular weight excluding hydrogens is 801 g/mol. The quantitative estimate of drug-likeness (QED) is 0.166. The number of hydrogen-bond acceptors (Lipinski definition) is 9. The molecule has 0 amide bonds. The second kappa shape index (κ2) is 16.0. The Morgan fingerprint density at radius 1 is 0.806 bits per heavy atom. The van der Waals surface area contributed by atoms with Gasteiger partial charge in [0.25, 0.3) is 0 Å². The number of piperazine rings is 1. The van der Waals surface area contributed by atoms with E-state index in [4.69, 9.17) is 4.99 Å². The number of aliphatic imine (C=N–C) groups is 1. The van der Waals surface area contributed by atoms with Gasteiger partial charge in [0.15, 0.2) is 5.82 Å². The van der Waals surface area contributed by atoms with Gasteiger partial charge in [-0.25, -0.2) is 8.78 Å². The zero-order chi connectivity index (χ0) is 42.9. The highest BCUT2D eigenvalue weighted by molar-refractivity contribution is 7.15. The molecule has 320 valence electrons. The first-order valence-electron chi connectivity index (χ1n) is 22.0. The van der Waals surface area contributed by atoms with E-state index in [1.165, 1.54) is 22.6 Å². The summed E-state index contributed by atoms with van der Waals surface area (Å²) < 4.78 is 34.7. The molecule has 2 N–H and O–H groups in total. The fourth-order valence-electron chi connectivity index (χ4n) is 10.5. The Bertz CT molecular complexity index is 2660. The number of aromatic nitrogens is 3. The highest BCUT2D eigenvalue weighted by Gasteiger charge is 2.38. The SMILES string of the molecule is Cc1sc2c(c1C)C(c1ccc(N3CCC(O)(CN4CCN(c5cc(F)c([C@H]6c7ccc(O)cc7CC[C@H]6c6ccccc6)cc5F)CC4)CC3)cc1)=N[C@@H](C)c1nnc(C)n1-2. The first-order chi connectivity index (χ1) is 29.9. The number of fused-ring (bicyclic) bond motifs is 4. The van der Waals surface area contributed by atoms with Crippen LogP contribution < -0.4 is 9.80 Å². The molecule has 3 aliphatic heterocycles. The molecule has 6 aromatic rings. The monoisotopic (exact) mass is 853 g/mol. The van der Waals surface area contributed by atoms with Crippen LogP contribution in [0.4, 0.5) is 20.2 Å². The Morgan fingerprint density at radius 2 is 1.55 bits per heavy atom. The molecule has 62 heavy (non-hydrogen) atoms. The molecule has 0 saturated carbocycles. The Labute approximate surface area is 366 Å². The number of hydrogen-bond donors (Lipinski definition) is 2. The maximum Gasteiger partial charge on any atom is 0.162 e. The third-order valence-corrected chi connectivity index (χ3v) is 15.2. The van der Waals surface area contributed by atoms with Crippen molar-refractivity contribution < 1.29 is 19.0 Å². The van der Waals surface area contributed by atoms with Gasteiger partial charge in [-0.05, 0) is 117 Å².